The second-order valence-electron chi connectivity index (χ2n) is 5.67. The normalized spacial score (nSPS) is 11.1. The van der Waals surface area contributed by atoms with Gasteiger partial charge in [0.25, 0.3) is 0 Å². The number of hydrogen-bond donors (Lipinski definition) is 1. The number of nitrogens with one attached hydrogen (secondary N) is 1. The highest BCUT2D eigenvalue weighted by Gasteiger charge is 2.17. The van der Waals surface area contributed by atoms with E-state index in [0.29, 0.717) is 17.7 Å². The van der Waals surface area contributed by atoms with Crippen LogP contribution in [0.25, 0.3) is 0 Å². The lowest BCUT2D eigenvalue weighted by atomic mass is 10.1. The predicted octanol–water partition coefficient (Wildman–Crippen LogP) is 2.38. The van der Waals surface area contributed by atoms with Gasteiger partial charge in [-0.05, 0) is 42.3 Å². The Morgan fingerprint density at radius 1 is 1.16 bits per heavy atom. The fourth-order valence-corrected chi connectivity index (χ4v) is 3.12. The zero-order valence-corrected chi connectivity index (χ0v) is 14.9. The maximum atomic E-state index is 12.1. The predicted molar refractivity (Wildman–Crippen MR) is 95.4 cm³/mol. The number of carbonyl (C=O) groups is 1. The Hall–Kier alpha value is -2.69. The van der Waals surface area contributed by atoms with Gasteiger partial charge < -0.3 is 5.32 Å². The number of benzene rings is 2. The number of anilines is 1. The quantitative estimate of drug-likeness (QED) is 0.859. The molecule has 0 saturated heterocycles. The Labute approximate surface area is 147 Å². The lowest BCUT2D eigenvalue weighted by molar-refractivity contribution is -0.116. The Balaban J connectivity index is 2.00. The van der Waals surface area contributed by atoms with Crippen molar-refractivity contribution >= 4 is 21.6 Å². The van der Waals surface area contributed by atoms with Gasteiger partial charge in [0.2, 0.25) is 15.9 Å². The number of hydrogen-bond acceptors (Lipinski definition) is 4. The van der Waals surface area contributed by atoms with E-state index in [9.17, 15) is 13.2 Å². The highest BCUT2D eigenvalue weighted by molar-refractivity contribution is 7.89. The number of carbonyl (C=O) groups excluding carboxylic acids is 1. The molecular formula is C18H19N3O3S. The summed E-state index contributed by atoms with van der Waals surface area (Å²) in [5.41, 5.74) is 1.97. The highest BCUT2D eigenvalue weighted by atomic mass is 32.2. The minimum atomic E-state index is -3.54. The van der Waals surface area contributed by atoms with Gasteiger partial charge in [-0.3, -0.25) is 4.79 Å². The van der Waals surface area contributed by atoms with Crippen molar-refractivity contribution in [3.63, 3.8) is 0 Å². The molecule has 0 saturated carbocycles. The number of amides is 1. The second kappa shape index (κ2) is 7.92. The molecule has 130 valence electrons. The van der Waals surface area contributed by atoms with E-state index in [2.05, 4.69) is 5.32 Å². The lowest BCUT2D eigenvalue weighted by Gasteiger charge is -2.12. The number of sulfonamides is 1. The van der Waals surface area contributed by atoms with Crippen LogP contribution in [-0.2, 0) is 21.2 Å². The van der Waals surface area contributed by atoms with Gasteiger partial charge in [0.1, 0.15) is 0 Å². The number of nitrogens with zero attached hydrogens (tertiary/aromatic N) is 2. The van der Waals surface area contributed by atoms with Crippen molar-refractivity contribution in [1.82, 2.24) is 4.31 Å². The van der Waals surface area contributed by atoms with Gasteiger partial charge >= 0.3 is 0 Å². The van der Waals surface area contributed by atoms with Crippen LogP contribution in [0.1, 0.15) is 17.5 Å². The summed E-state index contributed by atoms with van der Waals surface area (Å²) in [5.74, 6) is -0.205. The summed E-state index contributed by atoms with van der Waals surface area (Å²) in [6.45, 7) is 0. The standard InChI is InChI=1S/C18H19N3O3S/c1-21(2)25(23,24)17-5-3-4-16(12-17)20-18(22)11-10-14-6-8-15(13-19)9-7-14/h3-9,12H,10-11H2,1-2H3,(H,20,22). The van der Waals surface area contributed by atoms with Crippen LogP contribution in [-0.4, -0.2) is 32.7 Å². The van der Waals surface area contributed by atoms with Gasteiger partial charge in [-0.25, -0.2) is 12.7 Å². The van der Waals surface area contributed by atoms with Crippen LogP contribution in [0.2, 0.25) is 0 Å². The van der Waals surface area contributed by atoms with Crippen molar-refractivity contribution in [2.24, 2.45) is 0 Å². The molecule has 25 heavy (non-hydrogen) atoms. The van der Waals surface area contributed by atoms with Crippen molar-refractivity contribution in [2.45, 2.75) is 17.7 Å². The van der Waals surface area contributed by atoms with Crippen molar-refractivity contribution in [2.75, 3.05) is 19.4 Å². The molecule has 2 aromatic rings. The van der Waals surface area contributed by atoms with E-state index in [1.807, 2.05) is 18.2 Å². The number of rotatable bonds is 6. The van der Waals surface area contributed by atoms with E-state index in [4.69, 9.17) is 5.26 Å². The summed E-state index contributed by atoms with van der Waals surface area (Å²) < 4.78 is 25.4. The minimum absolute atomic E-state index is 0.127. The first kappa shape index (κ1) is 18.6. The van der Waals surface area contributed by atoms with Crippen molar-refractivity contribution in [3.8, 4) is 6.07 Å². The molecule has 0 radical (unpaired) electrons. The average molecular weight is 357 g/mol. The van der Waals surface area contributed by atoms with E-state index >= 15 is 0 Å². The minimum Gasteiger partial charge on any atom is -0.326 e. The summed E-state index contributed by atoms with van der Waals surface area (Å²) in [6, 6.07) is 15.3. The molecule has 0 atom stereocenters. The molecule has 1 amide bonds. The Morgan fingerprint density at radius 2 is 1.84 bits per heavy atom. The fraction of sp³-hybridized carbons (Fsp3) is 0.222. The molecule has 0 aliphatic heterocycles. The number of aryl methyl sites for hydroxylation is 1. The summed E-state index contributed by atoms with van der Waals surface area (Å²) in [4.78, 5) is 12.2. The third-order valence-electron chi connectivity index (χ3n) is 3.62. The first-order chi connectivity index (χ1) is 11.8. The molecule has 2 aromatic carbocycles. The summed E-state index contributed by atoms with van der Waals surface area (Å²) in [7, 11) is -0.628. The monoisotopic (exact) mass is 357 g/mol. The van der Waals surface area contributed by atoms with Crippen LogP contribution in [0.5, 0.6) is 0 Å². The van der Waals surface area contributed by atoms with Crippen LogP contribution >= 0.6 is 0 Å². The molecular weight excluding hydrogens is 338 g/mol. The second-order valence-corrected chi connectivity index (χ2v) is 7.82. The molecule has 0 aromatic heterocycles. The zero-order valence-electron chi connectivity index (χ0n) is 14.1. The van der Waals surface area contributed by atoms with E-state index in [0.717, 1.165) is 9.87 Å². The molecule has 7 heteroatoms. The maximum Gasteiger partial charge on any atom is 0.242 e. The third-order valence-corrected chi connectivity index (χ3v) is 5.43. The molecule has 0 bridgehead atoms. The first-order valence-electron chi connectivity index (χ1n) is 7.64. The third kappa shape index (κ3) is 4.89. The van der Waals surface area contributed by atoms with Crippen LogP contribution in [0, 0.1) is 11.3 Å². The molecule has 1 N–H and O–H groups in total. The van der Waals surface area contributed by atoms with Crippen molar-refractivity contribution in [3.05, 3.63) is 59.7 Å². The fourth-order valence-electron chi connectivity index (χ4n) is 2.17. The molecule has 0 aliphatic rings. The molecule has 0 aliphatic carbocycles. The van der Waals surface area contributed by atoms with Crippen molar-refractivity contribution in [1.29, 1.82) is 5.26 Å². The lowest BCUT2D eigenvalue weighted by Crippen LogP contribution is -2.22. The van der Waals surface area contributed by atoms with E-state index < -0.39 is 10.0 Å². The van der Waals surface area contributed by atoms with Gasteiger partial charge in [0.05, 0.1) is 16.5 Å². The van der Waals surface area contributed by atoms with E-state index in [-0.39, 0.29) is 17.2 Å². The van der Waals surface area contributed by atoms with Gasteiger partial charge in [0.15, 0.2) is 0 Å². The summed E-state index contributed by atoms with van der Waals surface area (Å²) >= 11 is 0. The van der Waals surface area contributed by atoms with Crippen LogP contribution < -0.4 is 5.32 Å². The molecule has 0 fully saturated rings. The molecule has 0 heterocycles. The Bertz CT molecular complexity index is 898. The zero-order chi connectivity index (χ0) is 18.4. The van der Waals surface area contributed by atoms with Gasteiger partial charge in [-0.15, -0.1) is 0 Å². The smallest absolute Gasteiger partial charge is 0.242 e. The SMILES string of the molecule is CN(C)S(=O)(=O)c1cccc(NC(=O)CCc2ccc(C#N)cc2)c1. The first-order valence-corrected chi connectivity index (χ1v) is 9.08. The van der Waals surface area contributed by atoms with Gasteiger partial charge in [0, 0.05) is 26.2 Å². The summed E-state index contributed by atoms with van der Waals surface area (Å²) in [5, 5.41) is 11.5. The molecule has 0 spiro atoms. The molecule has 2 rings (SSSR count). The van der Waals surface area contributed by atoms with E-state index in [1.165, 1.54) is 26.2 Å². The maximum absolute atomic E-state index is 12.1. The Morgan fingerprint density at radius 3 is 2.44 bits per heavy atom. The van der Waals surface area contributed by atoms with Crippen LogP contribution in [0.4, 0.5) is 5.69 Å². The average Bonchev–Trinajstić information content (AvgIpc) is 2.60. The molecule has 0 unspecified atom stereocenters. The van der Waals surface area contributed by atoms with Crippen LogP contribution in [0.3, 0.4) is 0 Å². The molecule has 6 nitrogen and oxygen atoms in total. The topological polar surface area (TPSA) is 90.3 Å². The van der Waals surface area contributed by atoms with Gasteiger partial charge in [-0.1, -0.05) is 18.2 Å². The Kier molecular flexibility index (Phi) is 5.91. The van der Waals surface area contributed by atoms with Crippen LogP contribution in [0.15, 0.2) is 53.4 Å². The summed E-state index contributed by atoms with van der Waals surface area (Å²) in [6.07, 6.45) is 0.795. The largest absolute Gasteiger partial charge is 0.326 e. The number of nitriles is 1. The van der Waals surface area contributed by atoms with Gasteiger partial charge in [-0.2, -0.15) is 5.26 Å². The van der Waals surface area contributed by atoms with E-state index in [1.54, 1.807) is 24.3 Å². The van der Waals surface area contributed by atoms with Crippen molar-refractivity contribution < 1.29 is 13.2 Å². The highest BCUT2D eigenvalue weighted by Crippen LogP contribution is 2.18.